The predicted molar refractivity (Wildman–Crippen MR) is 94.3 cm³/mol. The molecule has 30 heavy (non-hydrogen) atoms. The lowest BCUT2D eigenvalue weighted by molar-refractivity contribution is -0.389. The number of alkyl halides is 4. The summed E-state index contributed by atoms with van der Waals surface area (Å²) in [5.41, 5.74) is -3.24. The summed E-state index contributed by atoms with van der Waals surface area (Å²) >= 11 is 0. The molecule has 0 bridgehead atoms. The largest absolute Gasteiger partial charge is 0.390 e. The van der Waals surface area contributed by atoms with Gasteiger partial charge >= 0.3 is 5.82 Å². The van der Waals surface area contributed by atoms with Gasteiger partial charge in [-0.2, -0.15) is 14.8 Å². The number of hydrogen-bond acceptors (Lipinski definition) is 6. The van der Waals surface area contributed by atoms with Gasteiger partial charge in [0.1, 0.15) is 5.71 Å². The molecule has 1 aliphatic rings. The highest BCUT2D eigenvalue weighted by Gasteiger charge is 2.53. The van der Waals surface area contributed by atoms with Crippen LogP contribution in [0.15, 0.2) is 35.4 Å². The Balaban J connectivity index is 1.81. The number of hydrogen-bond donors (Lipinski definition) is 1. The van der Waals surface area contributed by atoms with Crippen molar-refractivity contribution in [2.45, 2.75) is 38.5 Å². The minimum Gasteiger partial charge on any atom is -0.364 e. The van der Waals surface area contributed by atoms with Gasteiger partial charge in [0.25, 0.3) is 18.8 Å². The predicted octanol–water partition coefficient (Wildman–Crippen LogP) is 2.57. The Kier molecular flexibility index (Phi) is 5.57. The Bertz CT molecular complexity index is 1010. The molecule has 1 aliphatic heterocycles. The standard InChI is InChI=1S/C17H15F4N5O4/c1-9-6-13(26(29)30)23-24(9)8-10-2-4-11(5-3-10)15(27)25-17(28,16(20)21)7-12(22-25)14(18)19/h2-6,14,16,28H,7-8H2,1H3/t17-/m1/s1. The number of carbonyl (C=O) groups excluding carboxylic acids is 1. The van der Waals surface area contributed by atoms with E-state index in [0.717, 1.165) is 0 Å². The summed E-state index contributed by atoms with van der Waals surface area (Å²) in [4.78, 5) is 22.7. The van der Waals surface area contributed by atoms with Gasteiger partial charge in [0.05, 0.1) is 23.4 Å². The molecule has 0 saturated carbocycles. The highest BCUT2D eigenvalue weighted by atomic mass is 19.3. The maximum atomic E-state index is 13.3. The summed E-state index contributed by atoms with van der Waals surface area (Å²) in [5.74, 6) is -1.50. The molecular weight excluding hydrogens is 414 g/mol. The summed E-state index contributed by atoms with van der Waals surface area (Å²) in [6.07, 6.45) is -7.88. The number of carbonyl (C=O) groups is 1. The molecule has 3 rings (SSSR count). The van der Waals surface area contributed by atoms with Gasteiger partial charge < -0.3 is 15.2 Å². The minimum atomic E-state index is -3.51. The fourth-order valence-electron chi connectivity index (χ4n) is 2.89. The molecule has 9 nitrogen and oxygen atoms in total. The van der Waals surface area contributed by atoms with E-state index in [1.54, 1.807) is 6.92 Å². The molecule has 0 spiro atoms. The van der Waals surface area contributed by atoms with Gasteiger partial charge in [-0.25, -0.2) is 17.6 Å². The second-order valence-electron chi connectivity index (χ2n) is 6.62. The van der Waals surface area contributed by atoms with E-state index in [0.29, 0.717) is 11.3 Å². The second kappa shape index (κ2) is 7.82. The first-order valence-electron chi connectivity index (χ1n) is 8.51. The first kappa shape index (κ1) is 21.4. The number of nitro groups is 1. The maximum Gasteiger partial charge on any atom is 0.390 e. The molecule has 0 fully saturated rings. The van der Waals surface area contributed by atoms with Crippen LogP contribution in [0.4, 0.5) is 23.4 Å². The third kappa shape index (κ3) is 3.87. The summed E-state index contributed by atoms with van der Waals surface area (Å²) in [5, 5.41) is 27.8. The van der Waals surface area contributed by atoms with E-state index in [2.05, 4.69) is 10.2 Å². The fourth-order valence-corrected chi connectivity index (χ4v) is 2.89. The van der Waals surface area contributed by atoms with Crippen LogP contribution < -0.4 is 0 Å². The van der Waals surface area contributed by atoms with E-state index < -0.39 is 41.5 Å². The molecule has 2 heterocycles. The molecule has 0 saturated heterocycles. The van der Waals surface area contributed by atoms with E-state index in [4.69, 9.17) is 0 Å². The lowest BCUT2D eigenvalue weighted by atomic mass is 10.1. The Hall–Kier alpha value is -3.35. The molecule has 0 aliphatic carbocycles. The van der Waals surface area contributed by atoms with Crippen LogP contribution in [-0.4, -0.2) is 55.0 Å². The SMILES string of the molecule is Cc1cc([N+](=O)[O-])nn1Cc1ccc(C(=O)N2N=C(C(F)F)C[C@@]2(O)C(F)F)cc1. The molecule has 160 valence electrons. The fraction of sp³-hybridized carbons (Fsp3) is 0.353. The van der Waals surface area contributed by atoms with Gasteiger partial charge in [-0.1, -0.05) is 12.1 Å². The van der Waals surface area contributed by atoms with Crippen molar-refractivity contribution in [3.05, 3.63) is 57.3 Å². The summed E-state index contributed by atoms with van der Waals surface area (Å²) in [6, 6.07) is 6.65. The van der Waals surface area contributed by atoms with Crippen molar-refractivity contribution < 1.29 is 32.4 Å². The maximum absolute atomic E-state index is 13.3. The topological polar surface area (TPSA) is 114 Å². The monoisotopic (exact) mass is 429 g/mol. The van der Waals surface area contributed by atoms with Crippen LogP contribution in [-0.2, 0) is 6.54 Å². The quantitative estimate of drug-likeness (QED) is 0.431. The van der Waals surface area contributed by atoms with Crippen molar-refractivity contribution >= 4 is 17.4 Å². The molecule has 0 radical (unpaired) electrons. The van der Waals surface area contributed by atoms with Gasteiger partial charge in [0, 0.05) is 12.0 Å². The molecule has 2 aromatic rings. The number of rotatable bonds is 6. The molecule has 1 aromatic carbocycles. The molecule has 1 amide bonds. The van der Waals surface area contributed by atoms with Crippen LogP contribution in [0.3, 0.4) is 0 Å². The highest BCUT2D eigenvalue weighted by Crippen LogP contribution is 2.34. The third-order valence-corrected chi connectivity index (χ3v) is 4.52. The number of halogens is 4. The normalized spacial score (nSPS) is 18.9. The first-order valence-corrected chi connectivity index (χ1v) is 8.51. The van der Waals surface area contributed by atoms with Crippen molar-refractivity contribution in [3.8, 4) is 0 Å². The van der Waals surface area contributed by atoms with Gasteiger partial charge in [0.2, 0.25) is 5.72 Å². The Morgan fingerprint density at radius 2 is 1.93 bits per heavy atom. The van der Waals surface area contributed by atoms with Crippen LogP contribution in [0.25, 0.3) is 0 Å². The number of amides is 1. The van der Waals surface area contributed by atoms with Gasteiger partial charge in [-0.15, -0.1) is 0 Å². The Morgan fingerprint density at radius 3 is 2.43 bits per heavy atom. The molecule has 1 atom stereocenters. The van der Waals surface area contributed by atoms with Crippen LogP contribution in [0.5, 0.6) is 0 Å². The summed E-state index contributed by atoms with van der Waals surface area (Å²) in [7, 11) is 0. The zero-order valence-corrected chi connectivity index (χ0v) is 15.4. The number of aryl methyl sites for hydroxylation is 1. The van der Waals surface area contributed by atoms with E-state index in [1.807, 2.05) is 0 Å². The molecule has 0 unspecified atom stereocenters. The zero-order chi connectivity index (χ0) is 22.2. The van der Waals surface area contributed by atoms with Crippen molar-refractivity contribution in [2.24, 2.45) is 5.10 Å². The van der Waals surface area contributed by atoms with Crippen molar-refractivity contribution in [3.63, 3.8) is 0 Å². The lowest BCUT2D eigenvalue weighted by Crippen LogP contribution is -2.51. The summed E-state index contributed by atoms with van der Waals surface area (Å²) in [6.45, 7) is 1.75. The molecule has 13 heteroatoms. The number of nitrogens with zero attached hydrogens (tertiary/aromatic N) is 5. The third-order valence-electron chi connectivity index (χ3n) is 4.52. The van der Waals surface area contributed by atoms with Crippen LogP contribution in [0, 0.1) is 17.0 Å². The van der Waals surface area contributed by atoms with E-state index in [1.165, 1.54) is 35.0 Å². The Labute approximate surface area is 166 Å². The second-order valence-corrected chi connectivity index (χ2v) is 6.62. The number of hydrazone groups is 1. The van der Waals surface area contributed by atoms with Crippen LogP contribution in [0.1, 0.15) is 28.0 Å². The highest BCUT2D eigenvalue weighted by molar-refractivity contribution is 5.99. The van der Waals surface area contributed by atoms with E-state index in [-0.39, 0.29) is 22.9 Å². The smallest absolute Gasteiger partial charge is 0.364 e. The number of aromatic nitrogens is 2. The average Bonchev–Trinajstić information content (AvgIpc) is 3.23. The van der Waals surface area contributed by atoms with E-state index in [9.17, 15) is 37.6 Å². The zero-order valence-electron chi connectivity index (χ0n) is 15.4. The van der Waals surface area contributed by atoms with Crippen molar-refractivity contribution in [2.75, 3.05) is 0 Å². The average molecular weight is 429 g/mol. The van der Waals surface area contributed by atoms with Crippen molar-refractivity contribution in [1.29, 1.82) is 0 Å². The van der Waals surface area contributed by atoms with Crippen LogP contribution >= 0.6 is 0 Å². The lowest BCUT2D eigenvalue weighted by Gasteiger charge is -2.30. The number of benzene rings is 1. The van der Waals surface area contributed by atoms with Gasteiger partial charge in [-0.05, 0) is 29.5 Å². The Morgan fingerprint density at radius 1 is 1.30 bits per heavy atom. The summed E-state index contributed by atoms with van der Waals surface area (Å²) < 4.78 is 53.6. The van der Waals surface area contributed by atoms with Gasteiger partial charge in [-0.3, -0.25) is 4.79 Å². The van der Waals surface area contributed by atoms with E-state index >= 15 is 0 Å². The van der Waals surface area contributed by atoms with Crippen LogP contribution in [0.2, 0.25) is 0 Å². The van der Waals surface area contributed by atoms with Crippen molar-refractivity contribution in [1.82, 2.24) is 14.8 Å². The molecular formula is C17H15F4N5O4. The number of aliphatic hydroxyl groups is 1. The first-order chi connectivity index (χ1) is 14.0. The molecule has 1 N–H and O–H groups in total. The van der Waals surface area contributed by atoms with Gasteiger partial charge in [0.15, 0.2) is 0 Å². The minimum absolute atomic E-state index is 0.0187. The molecule has 1 aromatic heterocycles.